The van der Waals surface area contributed by atoms with Crippen LogP contribution in [0.4, 0.5) is 0 Å². The Morgan fingerprint density at radius 3 is 2.33 bits per heavy atom. The first kappa shape index (κ1) is 5.89. The van der Waals surface area contributed by atoms with Crippen LogP contribution in [-0.4, -0.2) is 4.57 Å². The van der Waals surface area contributed by atoms with E-state index >= 15 is 0 Å². The molecule has 0 spiro atoms. The Morgan fingerprint density at radius 2 is 1.89 bits per heavy atom. The molecular formula is C8H9N. The third-order valence-corrected chi connectivity index (χ3v) is 1.17. The molecule has 0 N–H and O–H groups in total. The lowest BCUT2D eigenvalue weighted by molar-refractivity contribution is 1.13. The molecule has 1 aromatic rings. The van der Waals surface area contributed by atoms with Crippen molar-refractivity contribution in [1.29, 1.82) is 0 Å². The van der Waals surface area contributed by atoms with E-state index in [1.807, 2.05) is 29.1 Å². The van der Waals surface area contributed by atoms with Crippen molar-refractivity contribution in [3.8, 4) is 0 Å². The highest BCUT2D eigenvalue weighted by Gasteiger charge is 1.85. The van der Waals surface area contributed by atoms with Gasteiger partial charge >= 0.3 is 0 Å². The van der Waals surface area contributed by atoms with Crippen molar-refractivity contribution >= 4 is 5.70 Å². The lowest BCUT2D eigenvalue weighted by Crippen LogP contribution is -1.85. The Bertz CT molecular complexity index is 206. The summed E-state index contributed by atoms with van der Waals surface area (Å²) in [5.74, 6) is 0. The summed E-state index contributed by atoms with van der Waals surface area (Å²) in [6, 6.07) is 3.91. The molecule has 9 heavy (non-hydrogen) atoms. The average molecular weight is 119 g/mol. The van der Waals surface area contributed by atoms with Gasteiger partial charge in [-0.15, -0.1) is 0 Å². The molecule has 1 nitrogen and oxygen atoms in total. The fourth-order valence-electron chi connectivity index (χ4n) is 0.631. The summed E-state index contributed by atoms with van der Waals surface area (Å²) in [7, 11) is 0. The van der Waals surface area contributed by atoms with Crippen LogP contribution >= 0.6 is 0 Å². The lowest BCUT2D eigenvalue weighted by atomic mass is 10.5. The standard InChI is InChI=1S/C8H9N/c1-3-8(2)9-6-4-5-7-9/h3-7H,1-2H2. The van der Waals surface area contributed by atoms with Crippen LogP contribution < -0.4 is 0 Å². The second kappa shape index (κ2) is 2.35. The highest BCUT2D eigenvalue weighted by molar-refractivity contribution is 5.52. The molecule has 0 saturated carbocycles. The lowest BCUT2D eigenvalue weighted by Gasteiger charge is -1.97. The van der Waals surface area contributed by atoms with Crippen LogP contribution in [0.2, 0.25) is 0 Å². The first-order chi connectivity index (χ1) is 4.34. The van der Waals surface area contributed by atoms with Crippen LogP contribution in [-0.2, 0) is 0 Å². The van der Waals surface area contributed by atoms with E-state index in [-0.39, 0.29) is 0 Å². The van der Waals surface area contributed by atoms with Gasteiger partial charge in [0, 0.05) is 18.1 Å². The van der Waals surface area contributed by atoms with Crippen LogP contribution in [0.1, 0.15) is 0 Å². The van der Waals surface area contributed by atoms with E-state index < -0.39 is 0 Å². The Kier molecular flexibility index (Phi) is 1.54. The van der Waals surface area contributed by atoms with Gasteiger partial charge in [0.2, 0.25) is 0 Å². The maximum Gasteiger partial charge on any atom is 0.0371 e. The fourth-order valence-corrected chi connectivity index (χ4v) is 0.631. The molecule has 0 unspecified atom stereocenters. The maximum absolute atomic E-state index is 3.76. The molecule has 0 bridgehead atoms. The number of allylic oxidation sites excluding steroid dienone is 2. The van der Waals surface area contributed by atoms with Gasteiger partial charge in [0.05, 0.1) is 0 Å². The molecule has 0 aliphatic heterocycles. The number of rotatable bonds is 2. The van der Waals surface area contributed by atoms with Crippen LogP contribution in [0.15, 0.2) is 43.8 Å². The van der Waals surface area contributed by atoms with E-state index in [1.54, 1.807) is 6.08 Å². The predicted molar refractivity (Wildman–Crippen MR) is 40.0 cm³/mol. The van der Waals surface area contributed by atoms with Crippen molar-refractivity contribution in [3.05, 3.63) is 43.8 Å². The van der Waals surface area contributed by atoms with Crippen molar-refractivity contribution in [2.24, 2.45) is 0 Å². The molecule has 1 rings (SSSR count). The molecule has 0 amide bonds. The zero-order chi connectivity index (χ0) is 6.69. The molecule has 46 valence electrons. The Hall–Kier alpha value is -1.24. The normalized spacial score (nSPS) is 8.89. The molecule has 1 heteroatoms. The van der Waals surface area contributed by atoms with Gasteiger partial charge in [0.25, 0.3) is 0 Å². The first-order valence-corrected chi connectivity index (χ1v) is 2.79. The van der Waals surface area contributed by atoms with Gasteiger partial charge in [-0.1, -0.05) is 13.2 Å². The highest BCUT2D eigenvalue weighted by atomic mass is 14.9. The van der Waals surface area contributed by atoms with Gasteiger partial charge < -0.3 is 4.57 Å². The third-order valence-electron chi connectivity index (χ3n) is 1.17. The van der Waals surface area contributed by atoms with Crippen molar-refractivity contribution in [3.63, 3.8) is 0 Å². The van der Waals surface area contributed by atoms with Crippen LogP contribution in [0.25, 0.3) is 5.70 Å². The molecule has 1 heterocycles. The second-order valence-electron chi connectivity index (χ2n) is 1.79. The summed E-state index contributed by atoms with van der Waals surface area (Å²) in [6.07, 6.45) is 5.59. The van der Waals surface area contributed by atoms with Gasteiger partial charge in [-0.25, -0.2) is 0 Å². The van der Waals surface area contributed by atoms with Crippen molar-refractivity contribution < 1.29 is 0 Å². The van der Waals surface area contributed by atoms with Gasteiger partial charge in [0.1, 0.15) is 0 Å². The quantitative estimate of drug-likeness (QED) is 0.526. The smallest absolute Gasteiger partial charge is 0.0371 e. The minimum Gasteiger partial charge on any atom is -0.325 e. The van der Waals surface area contributed by atoms with Crippen LogP contribution in [0.3, 0.4) is 0 Å². The van der Waals surface area contributed by atoms with Crippen molar-refractivity contribution in [1.82, 2.24) is 4.57 Å². The molecule has 0 radical (unpaired) electrons. The van der Waals surface area contributed by atoms with Gasteiger partial charge in [-0.2, -0.15) is 0 Å². The summed E-state index contributed by atoms with van der Waals surface area (Å²) in [5.41, 5.74) is 0.903. The van der Waals surface area contributed by atoms with Crippen molar-refractivity contribution in [2.75, 3.05) is 0 Å². The number of hydrogen-bond acceptors (Lipinski definition) is 0. The van der Waals surface area contributed by atoms with Crippen LogP contribution in [0, 0.1) is 0 Å². The number of nitrogens with zero attached hydrogens (tertiary/aromatic N) is 1. The molecule has 0 saturated heterocycles. The Labute approximate surface area is 54.9 Å². The molecule has 0 aromatic carbocycles. The molecule has 0 aliphatic rings. The predicted octanol–water partition coefficient (Wildman–Crippen LogP) is 2.14. The number of hydrogen-bond donors (Lipinski definition) is 0. The molecule has 0 atom stereocenters. The summed E-state index contributed by atoms with van der Waals surface area (Å²) < 4.78 is 1.91. The van der Waals surface area contributed by atoms with E-state index in [0.29, 0.717) is 0 Å². The van der Waals surface area contributed by atoms with E-state index in [2.05, 4.69) is 13.2 Å². The Morgan fingerprint density at radius 1 is 1.33 bits per heavy atom. The molecule has 0 aliphatic carbocycles. The minimum atomic E-state index is 0.903. The number of aromatic nitrogens is 1. The monoisotopic (exact) mass is 119 g/mol. The zero-order valence-electron chi connectivity index (χ0n) is 5.25. The largest absolute Gasteiger partial charge is 0.325 e. The molecular weight excluding hydrogens is 110 g/mol. The summed E-state index contributed by atoms with van der Waals surface area (Å²) in [6.45, 7) is 7.36. The third kappa shape index (κ3) is 1.11. The summed E-state index contributed by atoms with van der Waals surface area (Å²) >= 11 is 0. The van der Waals surface area contributed by atoms with Gasteiger partial charge in [-0.3, -0.25) is 0 Å². The minimum absolute atomic E-state index is 0.903. The molecule has 0 fully saturated rings. The SMILES string of the molecule is C=CC(=C)n1cccc1. The zero-order valence-corrected chi connectivity index (χ0v) is 5.25. The second-order valence-corrected chi connectivity index (χ2v) is 1.79. The van der Waals surface area contributed by atoms with Crippen molar-refractivity contribution in [2.45, 2.75) is 0 Å². The van der Waals surface area contributed by atoms with E-state index in [0.717, 1.165) is 5.70 Å². The van der Waals surface area contributed by atoms with E-state index in [1.165, 1.54) is 0 Å². The van der Waals surface area contributed by atoms with Gasteiger partial charge in [0.15, 0.2) is 0 Å². The maximum atomic E-state index is 3.76. The molecule has 1 aromatic heterocycles. The highest BCUT2D eigenvalue weighted by Crippen LogP contribution is 2.00. The Balaban J connectivity index is 2.89. The average Bonchev–Trinajstić information content (AvgIpc) is 2.37. The first-order valence-electron chi connectivity index (χ1n) is 2.79. The van der Waals surface area contributed by atoms with E-state index in [9.17, 15) is 0 Å². The van der Waals surface area contributed by atoms with E-state index in [4.69, 9.17) is 0 Å². The summed E-state index contributed by atoms with van der Waals surface area (Å²) in [4.78, 5) is 0. The van der Waals surface area contributed by atoms with Gasteiger partial charge in [-0.05, 0) is 18.2 Å². The topological polar surface area (TPSA) is 4.93 Å². The summed E-state index contributed by atoms with van der Waals surface area (Å²) in [5, 5.41) is 0. The van der Waals surface area contributed by atoms with Crippen LogP contribution in [0.5, 0.6) is 0 Å². The fraction of sp³-hybridized carbons (Fsp3) is 0.